The number of carbonyl (C=O) groups is 2. The number of nitrogens with one attached hydrogen (secondary N) is 2. The molecule has 1 saturated carbocycles. The van der Waals surface area contributed by atoms with Crippen LogP contribution in [0.4, 0.5) is 4.79 Å². The summed E-state index contributed by atoms with van der Waals surface area (Å²) in [6.07, 6.45) is 3.65. The second-order valence-corrected chi connectivity index (χ2v) is 6.76. The minimum atomic E-state index is -1.12. The molecule has 1 fully saturated rings. The van der Waals surface area contributed by atoms with Gasteiger partial charge in [0, 0.05) is 4.88 Å². The molecule has 2 rings (SSSR count). The van der Waals surface area contributed by atoms with E-state index in [1.54, 1.807) is 6.07 Å². The lowest BCUT2D eigenvalue weighted by molar-refractivity contribution is -0.145. The van der Waals surface area contributed by atoms with Gasteiger partial charge in [0.1, 0.15) is 5.54 Å². The predicted molar refractivity (Wildman–Crippen MR) is 78.2 cm³/mol. The molecule has 5 nitrogen and oxygen atoms in total. The van der Waals surface area contributed by atoms with Crippen molar-refractivity contribution in [2.75, 3.05) is 0 Å². The zero-order valence-corrected chi connectivity index (χ0v) is 12.5. The van der Waals surface area contributed by atoms with E-state index in [4.69, 9.17) is 11.6 Å². The number of halogens is 1. The molecule has 1 heterocycles. The highest BCUT2D eigenvalue weighted by Gasteiger charge is 2.40. The molecule has 2 amide bonds. The Hall–Kier alpha value is -1.27. The maximum Gasteiger partial charge on any atom is 0.329 e. The van der Waals surface area contributed by atoms with Crippen molar-refractivity contribution in [3.63, 3.8) is 0 Å². The van der Waals surface area contributed by atoms with E-state index in [9.17, 15) is 14.7 Å². The first kappa shape index (κ1) is 15.1. The van der Waals surface area contributed by atoms with Crippen molar-refractivity contribution in [1.82, 2.24) is 10.6 Å². The van der Waals surface area contributed by atoms with Crippen molar-refractivity contribution in [3.05, 3.63) is 21.3 Å². The van der Waals surface area contributed by atoms with Crippen molar-refractivity contribution >= 4 is 34.9 Å². The van der Waals surface area contributed by atoms with Gasteiger partial charge in [-0.3, -0.25) is 0 Å². The summed E-state index contributed by atoms with van der Waals surface area (Å²) < 4.78 is 0.663. The van der Waals surface area contributed by atoms with Gasteiger partial charge in [-0.25, -0.2) is 9.59 Å². The highest BCUT2D eigenvalue weighted by atomic mass is 35.5. The number of carbonyl (C=O) groups excluding carboxylic acids is 1. The first-order valence-electron chi connectivity index (χ1n) is 6.55. The van der Waals surface area contributed by atoms with Gasteiger partial charge in [0.05, 0.1) is 10.9 Å². The smallest absolute Gasteiger partial charge is 0.329 e. The van der Waals surface area contributed by atoms with Crippen LogP contribution in [-0.2, 0) is 11.3 Å². The molecule has 0 bridgehead atoms. The number of aliphatic carboxylic acids is 1. The number of rotatable bonds is 4. The van der Waals surface area contributed by atoms with E-state index in [-0.39, 0.29) is 0 Å². The molecule has 1 aliphatic rings. The normalized spacial score (nSPS) is 17.4. The number of carboxylic acid groups (broad SMARTS) is 1. The van der Waals surface area contributed by atoms with Crippen LogP contribution in [0, 0.1) is 0 Å². The molecular weight excluding hydrogens is 300 g/mol. The topological polar surface area (TPSA) is 78.4 Å². The van der Waals surface area contributed by atoms with Crippen LogP contribution in [0.3, 0.4) is 0 Å². The average molecular weight is 317 g/mol. The number of urea groups is 1. The van der Waals surface area contributed by atoms with E-state index < -0.39 is 17.5 Å². The summed E-state index contributed by atoms with van der Waals surface area (Å²) in [6.45, 7) is 0.346. The summed E-state index contributed by atoms with van der Waals surface area (Å²) in [5.74, 6) is -0.952. The van der Waals surface area contributed by atoms with Crippen molar-refractivity contribution in [3.8, 4) is 0 Å². The first-order chi connectivity index (χ1) is 9.52. The third-order valence-corrected chi connectivity index (χ3v) is 4.75. The van der Waals surface area contributed by atoms with Gasteiger partial charge in [-0.1, -0.05) is 30.9 Å². The third-order valence-electron chi connectivity index (χ3n) is 3.52. The summed E-state index contributed by atoms with van der Waals surface area (Å²) in [6, 6.07) is 3.15. The lowest BCUT2D eigenvalue weighted by Crippen LogP contribution is -2.57. The molecule has 3 N–H and O–H groups in total. The van der Waals surface area contributed by atoms with Crippen LogP contribution in [-0.4, -0.2) is 22.6 Å². The maximum absolute atomic E-state index is 11.9. The van der Waals surface area contributed by atoms with Gasteiger partial charge in [-0.15, -0.1) is 11.3 Å². The molecule has 1 aromatic rings. The van der Waals surface area contributed by atoms with Crippen LogP contribution < -0.4 is 10.6 Å². The summed E-state index contributed by atoms with van der Waals surface area (Å²) in [7, 11) is 0. The molecule has 110 valence electrons. The molecule has 0 saturated heterocycles. The van der Waals surface area contributed by atoms with Gasteiger partial charge in [-0.05, 0) is 25.0 Å². The fourth-order valence-electron chi connectivity index (χ4n) is 2.42. The van der Waals surface area contributed by atoms with E-state index in [1.165, 1.54) is 11.3 Å². The van der Waals surface area contributed by atoms with Gasteiger partial charge in [0.15, 0.2) is 0 Å². The summed E-state index contributed by atoms with van der Waals surface area (Å²) >= 11 is 7.20. The second kappa shape index (κ2) is 6.45. The minimum Gasteiger partial charge on any atom is -0.480 e. The molecule has 0 spiro atoms. The first-order valence-corrected chi connectivity index (χ1v) is 7.75. The monoisotopic (exact) mass is 316 g/mol. The fourth-order valence-corrected chi connectivity index (χ4v) is 3.45. The van der Waals surface area contributed by atoms with Crippen LogP contribution in [0.5, 0.6) is 0 Å². The molecule has 7 heteroatoms. The van der Waals surface area contributed by atoms with Crippen molar-refractivity contribution < 1.29 is 14.7 Å². The van der Waals surface area contributed by atoms with Crippen LogP contribution in [0.2, 0.25) is 4.34 Å². The minimum absolute atomic E-state index is 0.346. The summed E-state index contributed by atoms with van der Waals surface area (Å²) in [5, 5.41) is 14.7. The van der Waals surface area contributed by atoms with E-state index in [0.29, 0.717) is 23.7 Å². The Kier molecular flexibility index (Phi) is 4.88. The molecule has 0 radical (unpaired) electrons. The zero-order valence-electron chi connectivity index (χ0n) is 10.9. The second-order valence-electron chi connectivity index (χ2n) is 4.96. The Morgan fingerprint density at radius 1 is 1.30 bits per heavy atom. The van der Waals surface area contributed by atoms with Crippen LogP contribution in [0.25, 0.3) is 0 Å². The van der Waals surface area contributed by atoms with Gasteiger partial charge in [0.25, 0.3) is 0 Å². The highest BCUT2D eigenvalue weighted by molar-refractivity contribution is 7.16. The van der Waals surface area contributed by atoms with Crippen molar-refractivity contribution in [2.45, 2.75) is 44.2 Å². The van der Waals surface area contributed by atoms with Gasteiger partial charge >= 0.3 is 12.0 Å². The lowest BCUT2D eigenvalue weighted by atomic mass is 9.82. The van der Waals surface area contributed by atoms with Gasteiger partial charge in [0.2, 0.25) is 0 Å². The van der Waals surface area contributed by atoms with Crippen LogP contribution in [0.1, 0.15) is 37.0 Å². The lowest BCUT2D eigenvalue weighted by Gasteiger charge is -2.33. The summed E-state index contributed by atoms with van der Waals surface area (Å²) in [5.41, 5.74) is -1.12. The molecule has 0 atom stereocenters. The third kappa shape index (κ3) is 3.64. The Morgan fingerprint density at radius 2 is 2.00 bits per heavy atom. The van der Waals surface area contributed by atoms with E-state index in [1.807, 2.05) is 6.07 Å². The van der Waals surface area contributed by atoms with E-state index >= 15 is 0 Å². The van der Waals surface area contributed by atoms with Crippen LogP contribution in [0.15, 0.2) is 12.1 Å². The van der Waals surface area contributed by atoms with Gasteiger partial charge in [-0.2, -0.15) is 0 Å². The Morgan fingerprint density at radius 3 is 2.55 bits per heavy atom. The molecule has 1 aliphatic carbocycles. The standard InChI is InChI=1S/C13H17ClN2O3S/c14-10-5-4-9(20-10)8-15-12(19)16-13(11(17)18)6-2-1-3-7-13/h4-5H,1-3,6-8H2,(H,17,18)(H2,15,16,19). The number of carboxylic acids is 1. The number of amides is 2. The molecule has 0 aliphatic heterocycles. The SMILES string of the molecule is O=C(NCc1ccc(Cl)s1)NC1(C(=O)O)CCCCC1. The zero-order chi connectivity index (χ0) is 14.6. The summed E-state index contributed by atoms with van der Waals surface area (Å²) in [4.78, 5) is 24.2. The number of hydrogen-bond donors (Lipinski definition) is 3. The Labute approximate surface area is 126 Å². The highest BCUT2D eigenvalue weighted by Crippen LogP contribution is 2.28. The Balaban J connectivity index is 1.90. The number of thiophene rings is 1. The predicted octanol–water partition coefficient (Wildman–Crippen LogP) is 2.99. The molecule has 0 aromatic carbocycles. The number of hydrogen-bond acceptors (Lipinski definition) is 3. The Bertz CT molecular complexity index is 498. The largest absolute Gasteiger partial charge is 0.480 e. The van der Waals surface area contributed by atoms with Crippen molar-refractivity contribution in [1.29, 1.82) is 0 Å². The molecule has 20 heavy (non-hydrogen) atoms. The fraction of sp³-hybridized carbons (Fsp3) is 0.538. The van der Waals surface area contributed by atoms with Crippen LogP contribution >= 0.6 is 22.9 Å². The molecule has 1 aromatic heterocycles. The van der Waals surface area contributed by atoms with E-state index in [2.05, 4.69) is 10.6 Å². The quantitative estimate of drug-likeness (QED) is 0.799. The van der Waals surface area contributed by atoms with E-state index in [0.717, 1.165) is 24.1 Å². The average Bonchev–Trinajstić information content (AvgIpc) is 2.83. The van der Waals surface area contributed by atoms with Gasteiger partial charge < -0.3 is 15.7 Å². The molecule has 0 unspecified atom stereocenters. The maximum atomic E-state index is 11.9. The molecular formula is C13H17ClN2O3S. The van der Waals surface area contributed by atoms with Crippen molar-refractivity contribution in [2.24, 2.45) is 0 Å².